The van der Waals surface area contributed by atoms with Crippen LogP contribution in [-0.4, -0.2) is 15.6 Å². The van der Waals surface area contributed by atoms with Crippen molar-refractivity contribution < 1.29 is 9.32 Å². The Labute approximate surface area is 183 Å². The molecule has 0 aliphatic heterocycles. The van der Waals surface area contributed by atoms with Gasteiger partial charge in [-0.3, -0.25) is 9.59 Å². The number of para-hydroxylation sites is 1. The van der Waals surface area contributed by atoms with Crippen LogP contribution in [0.25, 0.3) is 21.8 Å². The Balaban J connectivity index is 1.45. The van der Waals surface area contributed by atoms with Gasteiger partial charge in [0, 0.05) is 23.5 Å². The predicted octanol–water partition coefficient (Wildman–Crippen LogP) is 5.47. The van der Waals surface area contributed by atoms with Crippen molar-refractivity contribution >= 4 is 45.0 Å². The summed E-state index contributed by atoms with van der Waals surface area (Å²) in [7, 11) is 0. The number of rotatable bonds is 4. The Bertz CT molecular complexity index is 1340. The molecular weight excluding hydrogens is 414 g/mol. The predicted molar refractivity (Wildman–Crippen MR) is 122 cm³/mol. The number of carbonyl (C=O) groups excluding carboxylic acids is 1. The lowest BCUT2D eigenvalue weighted by Gasteiger charge is -2.18. The van der Waals surface area contributed by atoms with Gasteiger partial charge in [0.25, 0.3) is 5.56 Å². The van der Waals surface area contributed by atoms with E-state index in [9.17, 15) is 9.59 Å². The molecule has 0 bridgehead atoms. The Kier molecular flexibility index (Phi) is 5.02. The zero-order valence-corrected chi connectivity index (χ0v) is 17.9. The maximum atomic E-state index is 13.4. The molecule has 1 N–H and O–H groups in total. The van der Waals surface area contributed by atoms with E-state index in [1.807, 2.05) is 47.0 Å². The first-order valence-electron chi connectivity index (χ1n) is 10.5. The van der Waals surface area contributed by atoms with Gasteiger partial charge in [-0.25, -0.2) is 0 Å². The fraction of sp³-hybridized carbons (Fsp3) is 0.292. The van der Waals surface area contributed by atoms with E-state index in [1.54, 1.807) is 13.0 Å². The van der Waals surface area contributed by atoms with Crippen LogP contribution < -0.4 is 10.9 Å². The summed E-state index contributed by atoms with van der Waals surface area (Å²) in [5, 5.41) is 8.82. The topological polar surface area (TPSA) is 77.1 Å². The van der Waals surface area contributed by atoms with Gasteiger partial charge in [0.2, 0.25) is 5.91 Å². The molecule has 6 nitrogen and oxygen atoms in total. The number of carbonyl (C=O) groups is 1. The highest BCUT2D eigenvalue weighted by molar-refractivity contribution is 6.37. The summed E-state index contributed by atoms with van der Waals surface area (Å²) in [4.78, 5) is 25.9. The van der Waals surface area contributed by atoms with Crippen molar-refractivity contribution in [3.8, 4) is 0 Å². The van der Waals surface area contributed by atoms with Crippen LogP contribution in [0.4, 0.5) is 5.69 Å². The molecule has 2 atom stereocenters. The molecule has 1 aliphatic rings. The highest BCUT2D eigenvalue weighted by atomic mass is 35.5. The number of pyridine rings is 1. The largest absolute Gasteiger partial charge is 0.360 e. The highest BCUT2D eigenvalue weighted by Crippen LogP contribution is 2.39. The SMILES string of the molecule is Cc1onc2c1c(=O)n([C@H]1CC[C@@H](CC(=O)Nc3ccccc3)C1)c1cccc(Cl)c21. The molecule has 2 aromatic carbocycles. The molecule has 0 unspecified atom stereocenters. The lowest BCUT2D eigenvalue weighted by molar-refractivity contribution is -0.117. The molecule has 0 radical (unpaired) electrons. The summed E-state index contributed by atoms with van der Waals surface area (Å²) < 4.78 is 7.17. The van der Waals surface area contributed by atoms with Crippen molar-refractivity contribution in [2.45, 2.75) is 38.6 Å². The van der Waals surface area contributed by atoms with Crippen LogP contribution in [-0.2, 0) is 4.79 Å². The van der Waals surface area contributed by atoms with Gasteiger partial charge in [-0.1, -0.05) is 41.0 Å². The number of aryl methyl sites for hydroxylation is 1. The van der Waals surface area contributed by atoms with Crippen molar-refractivity contribution in [3.05, 3.63) is 69.7 Å². The van der Waals surface area contributed by atoms with E-state index >= 15 is 0 Å². The summed E-state index contributed by atoms with van der Waals surface area (Å²) >= 11 is 6.50. The number of nitrogens with one attached hydrogen (secondary N) is 1. The Morgan fingerprint density at radius 3 is 2.77 bits per heavy atom. The number of nitrogens with zero attached hydrogens (tertiary/aromatic N) is 2. The second kappa shape index (κ2) is 7.85. The van der Waals surface area contributed by atoms with Crippen LogP contribution in [0, 0.1) is 12.8 Å². The molecule has 0 saturated heterocycles. The van der Waals surface area contributed by atoms with E-state index < -0.39 is 0 Å². The van der Waals surface area contributed by atoms with Crippen LogP contribution in [0.5, 0.6) is 0 Å². The molecule has 1 fully saturated rings. The van der Waals surface area contributed by atoms with Crippen molar-refractivity contribution in [3.63, 3.8) is 0 Å². The lowest BCUT2D eigenvalue weighted by atomic mass is 10.0. The van der Waals surface area contributed by atoms with Crippen LogP contribution in [0.3, 0.4) is 0 Å². The number of halogens is 1. The molecule has 31 heavy (non-hydrogen) atoms. The number of aromatic nitrogens is 2. The van der Waals surface area contributed by atoms with Crippen LogP contribution in [0.1, 0.15) is 37.5 Å². The first-order chi connectivity index (χ1) is 15.0. The average molecular weight is 436 g/mol. The molecule has 158 valence electrons. The number of hydrogen-bond donors (Lipinski definition) is 1. The normalized spacial score (nSPS) is 18.6. The Morgan fingerprint density at radius 1 is 1.16 bits per heavy atom. The number of benzene rings is 2. The van der Waals surface area contributed by atoms with E-state index in [1.165, 1.54) is 0 Å². The average Bonchev–Trinajstić information content (AvgIpc) is 3.36. The van der Waals surface area contributed by atoms with Crippen molar-refractivity contribution in [2.24, 2.45) is 5.92 Å². The molecule has 0 spiro atoms. The molecule has 4 aromatic rings. The standard InChI is InChI=1S/C24H22ClN3O3/c1-14-21-23(27-31-14)22-18(25)8-5-9-19(22)28(24(21)30)17-11-10-15(12-17)13-20(29)26-16-6-3-2-4-7-16/h2-9,15,17H,10-13H2,1H3,(H,26,29)/t15-,17+/m1/s1. The van der Waals surface area contributed by atoms with E-state index in [0.717, 1.165) is 35.9 Å². The zero-order chi connectivity index (χ0) is 21.5. The smallest absolute Gasteiger partial charge is 0.264 e. The van der Waals surface area contributed by atoms with Gasteiger partial charge in [-0.2, -0.15) is 0 Å². The maximum absolute atomic E-state index is 13.4. The molecular formula is C24H22ClN3O3. The quantitative estimate of drug-likeness (QED) is 0.460. The third-order valence-electron chi connectivity index (χ3n) is 6.19. The van der Waals surface area contributed by atoms with Crippen LogP contribution >= 0.6 is 11.6 Å². The minimum atomic E-state index is -0.108. The third kappa shape index (κ3) is 3.51. The van der Waals surface area contributed by atoms with Gasteiger partial charge >= 0.3 is 0 Å². The maximum Gasteiger partial charge on any atom is 0.264 e. The Hall–Kier alpha value is -3.12. The van der Waals surface area contributed by atoms with Gasteiger partial charge in [0.05, 0.1) is 10.5 Å². The monoisotopic (exact) mass is 435 g/mol. The highest BCUT2D eigenvalue weighted by Gasteiger charge is 2.31. The second-order valence-corrected chi connectivity index (χ2v) is 8.63. The molecule has 1 aliphatic carbocycles. The molecule has 1 amide bonds. The summed E-state index contributed by atoms with van der Waals surface area (Å²) in [6.07, 6.45) is 2.93. The van der Waals surface area contributed by atoms with Crippen LogP contribution in [0.15, 0.2) is 57.8 Å². The van der Waals surface area contributed by atoms with Gasteiger partial charge < -0.3 is 14.4 Å². The summed E-state index contributed by atoms with van der Waals surface area (Å²) in [5.74, 6) is 0.712. The fourth-order valence-electron chi connectivity index (χ4n) is 4.80. The van der Waals surface area contributed by atoms with Crippen molar-refractivity contribution in [1.82, 2.24) is 9.72 Å². The second-order valence-electron chi connectivity index (χ2n) is 8.22. The number of fused-ring (bicyclic) bond motifs is 3. The summed E-state index contributed by atoms with van der Waals surface area (Å²) in [6, 6.07) is 15.0. The van der Waals surface area contributed by atoms with E-state index in [4.69, 9.17) is 16.1 Å². The van der Waals surface area contributed by atoms with Gasteiger partial charge in [0.1, 0.15) is 16.7 Å². The molecule has 5 rings (SSSR count). The minimum absolute atomic E-state index is 0.00157. The van der Waals surface area contributed by atoms with E-state index in [2.05, 4.69) is 10.5 Å². The zero-order valence-electron chi connectivity index (χ0n) is 17.1. The Morgan fingerprint density at radius 2 is 1.97 bits per heavy atom. The lowest BCUT2D eigenvalue weighted by Crippen LogP contribution is -2.25. The molecule has 2 heterocycles. The summed E-state index contributed by atoms with van der Waals surface area (Å²) in [5.41, 5.74) is 1.96. The fourth-order valence-corrected chi connectivity index (χ4v) is 5.06. The minimum Gasteiger partial charge on any atom is -0.360 e. The van der Waals surface area contributed by atoms with E-state index in [0.29, 0.717) is 28.1 Å². The summed E-state index contributed by atoms with van der Waals surface area (Å²) in [6.45, 7) is 1.75. The van der Waals surface area contributed by atoms with Crippen molar-refractivity contribution in [1.29, 1.82) is 0 Å². The van der Waals surface area contributed by atoms with E-state index in [-0.39, 0.29) is 23.4 Å². The first-order valence-corrected chi connectivity index (χ1v) is 10.8. The van der Waals surface area contributed by atoms with Crippen molar-refractivity contribution in [2.75, 3.05) is 5.32 Å². The van der Waals surface area contributed by atoms with Gasteiger partial charge in [-0.05, 0) is 56.4 Å². The molecule has 7 heteroatoms. The van der Waals surface area contributed by atoms with Gasteiger partial charge in [0.15, 0.2) is 0 Å². The van der Waals surface area contributed by atoms with Gasteiger partial charge in [-0.15, -0.1) is 0 Å². The van der Waals surface area contributed by atoms with Crippen LogP contribution in [0.2, 0.25) is 5.02 Å². The number of anilines is 1. The number of amides is 1. The third-order valence-corrected chi connectivity index (χ3v) is 6.51. The first kappa shape index (κ1) is 19.8. The number of hydrogen-bond acceptors (Lipinski definition) is 4. The molecule has 2 aromatic heterocycles. The molecule has 1 saturated carbocycles.